The Bertz CT molecular complexity index is 835. The Kier molecular flexibility index (Phi) is 4.85. The van der Waals surface area contributed by atoms with E-state index in [1.807, 2.05) is 24.3 Å². The lowest BCUT2D eigenvalue weighted by atomic mass is 10.1. The van der Waals surface area contributed by atoms with E-state index in [0.29, 0.717) is 12.2 Å². The number of amides is 3. The van der Waals surface area contributed by atoms with Crippen LogP contribution in [-0.2, 0) is 16.1 Å². The zero-order chi connectivity index (χ0) is 17.8. The highest BCUT2D eigenvalue weighted by molar-refractivity contribution is 6.03. The molecule has 0 bridgehead atoms. The van der Waals surface area contributed by atoms with Crippen molar-refractivity contribution in [2.24, 2.45) is 5.73 Å². The van der Waals surface area contributed by atoms with Gasteiger partial charge in [-0.05, 0) is 30.2 Å². The first-order chi connectivity index (χ1) is 12.1. The summed E-state index contributed by atoms with van der Waals surface area (Å²) in [4.78, 5) is 39.7. The standard InChI is InChI=1S/C18H18N4O3/c19-10-11-3-1-4-12(9-11)13-5-2-6-14(20-13)17(24)21-15-7-8-16(23)22-18(15)25/h1-6,9,15H,7-8,10,19H2,(H,21,24)(H,22,23,25). The minimum atomic E-state index is -0.726. The molecule has 7 nitrogen and oxygen atoms in total. The number of nitrogens with one attached hydrogen (secondary N) is 2. The second-order valence-corrected chi connectivity index (χ2v) is 5.79. The summed E-state index contributed by atoms with van der Waals surface area (Å²) in [6, 6.07) is 12.0. The summed E-state index contributed by atoms with van der Waals surface area (Å²) >= 11 is 0. The highest BCUT2D eigenvalue weighted by Gasteiger charge is 2.28. The number of carbonyl (C=O) groups is 3. The third-order valence-corrected chi connectivity index (χ3v) is 3.98. The van der Waals surface area contributed by atoms with Crippen molar-refractivity contribution in [2.75, 3.05) is 0 Å². The molecule has 3 amide bonds. The molecule has 1 fully saturated rings. The lowest BCUT2D eigenvalue weighted by Crippen LogP contribution is -2.52. The van der Waals surface area contributed by atoms with E-state index in [-0.39, 0.29) is 24.4 Å². The first kappa shape index (κ1) is 16.8. The van der Waals surface area contributed by atoms with Crippen LogP contribution in [0.15, 0.2) is 42.5 Å². The first-order valence-electron chi connectivity index (χ1n) is 7.98. The summed E-state index contributed by atoms with van der Waals surface area (Å²) in [6.45, 7) is 0.420. The van der Waals surface area contributed by atoms with Crippen molar-refractivity contribution < 1.29 is 14.4 Å². The van der Waals surface area contributed by atoms with Crippen LogP contribution in [0.2, 0.25) is 0 Å². The Morgan fingerprint density at radius 1 is 1.24 bits per heavy atom. The molecule has 1 unspecified atom stereocenters. The van der Waals surface area contributed by atoms with Crippen molar-refractivity contribution in [1.82, 2.24) is 15.6 Å². The molecule has 0 saturated carbocycles. The van der Waals surface area contributed by atoms with E-state index in [1.54, 1.807) is 18.2 Å². The smallest absolute Gasteiger partial charge is 0.270 e. The lowest BCUT2D eigenvalue weighted by molar-refractivity contribution is -0.134. The van der Waals surface area contributed by atoms with Gasteiger partial charge in [-0.2, -0.15) is 0 Å². The number of rotatable bonds is 4. The number of imide groups is 1. The maximum Gasteiger partial charge on any atom is 0.270 e. The largest absolute Gasteiger partial charge is 0.339 e. The van der Waals surface area contributed by atoms with Gasteiger partial charge in [0.2, 0.25) is 11.8 Å². The second-order valence-electron chi connectivity index (χ2n) is 5.79. The number of pyridine rings is 1. The van der Waals surface area contributed by atoms with Crippen LogP contribution in [0, 0.1) is 0 Å². The van der Waals surface area contributed by atoms with E-state index >= 15 is 0 Å². The van der Waals surface area contributed by atoms with Crippen molar-refractivity contribution in [2.45, 2.75) is 25.4 Å². The second kappa shape index (κ2) is 7.23. The molecule has 4 N–H and O–H groups in total. The van der Waals surface area contributed by atoms with Gasteiger partial charge in [0.1, 0.15) is 11.7 Å². The number of hydrogen-bond donors (Lipinski definition) is 3. The fourth-order valence-corrected chi connectivity index (χ4v) is 2.64. The van der Waals surface area contributed by atoms with Crippen LogP contribution >= 0.6 is 0 Å². The molecule has 128 valence electrons. The van der Waals surface area contributed by atoms with Crippen molar-refractivity contribution in [3.63, 3.8) is 0 Å². The van der Waals surface area contributed by atoms with E-state index in [4.69, 9.17) is 5.73 Å². The predicted molar refractivity (Wildman–Crippen MR) is 91.2 cm³/mol. The van der Waals surface area contributed by atoms with E-state index in [2.05, 4.69) is 15.6 Å². The third-order valence-electron chi connectivity index (χ3n) is 3.98. The van der Waals surface area contributed by atoms with Gasteiger partial charge >= 0.3 is 0 Å². The van der Waals surface area contributed by atoms with E-state index in [9.17, 15) is 14.4 Å². The average Bonchev–Trinajstić information content (AvgIpc) is 2.64. The molecule has 1 aromatic carbocycles. The van der Waals surface area contributed by atoms with Crippen LogP contribution in [0.4, 0.5) is 0 Å². The molecule has 1 aromatic heterocycles. The van der Waals surface area contributed by atoms with Gasteiger partial charge in [-0.1, -0.05) is 24.3 Å². The molecule has 1 aliphatic heterocycles. The number of nitrogens with two attached hydrogens (primary N) is 1. The summed E-state index contributed by atoms with van der Waals surface area (Å²) < 4.78 is 0. The quantitative estimate of drug-likeness (QED) is 0.712. The van der Waals surface area contributed by atoms with Crippen LogP contribution in [0.1, 0.15) is 28.9 Å². The van der Waals surface area contributed by atoms with Gasteiger partial charge < -0.3 is 11.1 Å². The van der Waals surface area contributed by atoms with E-state index < -0.39 is 17.9 Å². The molecule has 2 heterocycles. The van der Waals surface area contributed by atoms with Crippen LogP contribution < -0.4 is 16.4 Å². The molecule has 0 spiro atoms. The van der Waals surface area contributed by atoms with Gasteiger partial charge in [0.05, 0.1) is 5.69 Å². The van der Waals surface area contributed by atoms with Gasteiger partial charge in [-0.3, -0.25) is 19.7 Å². The molecule has 2 aromatic rings. The van der Waals surface area contributed by atoms with Crippen molar-refractivity contribution in [3.8, 4) is 11.3 Å². The Labute approximate surface area is 144 Å². The number of aromatic nitrogens is 1. The van der Waals surface area contributed by atoms with Crippen molar-refractivity contribution >= 4 is 17.7 Å². The number of hydrogen-bond acceptors (Lipinski definition) is 5. The van der Waals surface area contributed by atoms with E-state index in [0.717, 1.165) is 11.1 Å². The summed E-state index contributed by atoms with van der Waals surface area (Å²) in [5.74, 6) is -1.27. The summed E-state index contributed by atoms with van der Waals surface area (Å²) in [5, 5.41) is 4.83. The maximum atomic E-state index is 12.4. The number of benzene rings is 1. The monoisotopic (exact) mass is 338 g/mol. The summed E-state index contributed by atoms with van der Waals surface area (Å²) in [7, 11) is 0. The molecule has 0 aliphatic carbocycles. The molecule has 3 rings (SSSR count). The fourth-order valence-electron chi connectivity index (χ4n) is 2.64. The number of piperidine rings is 1. The minimum Gasteiger partial charge on any atom is -0.339 e. The molecule has 1 aliphatic rings. The molecule has 0 radical (unpaired) electrons. The average molecular weight is 338 g/mol. The zero-order valence-corrected chi connectivity index (χ0v) is 13.5. The third kappa shape index (κ3) is 3.89. The van der Waals surface area contributed by atoms with Gasteiger partial charge in [0, 0.05) is 18.5 Å². The fraction of sp³-hybridized carbons (Fsp3) is 0.222. The van der Waals surface area contributed by atoms with Crippen LogP contribution in [0.5, 0.6) is 0 Å². The Morgan fingerprint density at radius 2 is 2.04 bits per heavy atom. The summed E-state index contributed by atoms with van der Waals surface area (Å²) in [6.07, 6.45) is 0.491. The van der Waals surface area contributed by atoms with Gasteiger partial charge in [-0.25, -0.2) is 4.98 Å². The Morgan fingerprint density at radius 3 is 2.80 bits per heavy atom. The molecule has 1 saturated heterocycles. The van der Waals surface area contributed by atoms with Crippen LogP contribution in [-0.4, -0.2) is 28.7 Å². The normalized spacial score (nSPS) is 17.1. The van der Waals surface area contributed by atoms with Crippen molar-refractivity contribution in [1.29, 1.82) is 0 Å². The van der Waals surface area contributed by atoms with Gasteiger partial charge in [0.15, 0.2) is 0 Å². The van der Waals surface area contributed by atoms with Gasteiger partial charge in [0.25, 0.3) is 5.91 Å². The highest BCUT2D eigenvalue weighted by Crippen LogP contribution is 2.19. The zero-order valence-electron chi connectivity index (χ0n) is 13.5. The molecular formula is C18H18N4O3. The van der Waals surface area contributed by atoms with Crippen LogP contribution in [0.25, 0.3) is 11.3 Å². The van der Waals surface area contributed by atoms with Crippen molar-refractivity contribution in [3.05, 3.63) is 53.7 Å². The topological polar surface area (TPSA) is 114 Å². The first-order valence-corrected chi connectivity index (χ1v) is 7.98. The predicted octanol–water partition coefficient (Wildman–Crippen LogP) is 0.742. The van der Waals surface area contributed by atoms with Crippen LogP contribution in [0.3, 0.4) is 0 Å². The number of nitrogens with zero attached hydrogens (tertiary/aromatic N) is 1. The molecular weight excluding hydrogens is 320 g/mol. The maximum absolute atomic E-state index is 12.4. The van der Waals surface area contributed by atoms with E-state index in [1.165, 1.54) is 0 Å². The number of carbonyl (C=O) groups excluding carboxylic acids is 3. The Balaban J connectivity index is 1.77. The lowest BCUT2D eigenvalue weighted by Gasteiger charge is -2.21. The van der Waals surface area contributed by atoms with Gasteiger partial charge in [-0.15, -0.1) is 0 Å². The molecule has 25 heavy (non-hydrogen) atoms. The molecule has 7 heteroatoms. The SMILES string of the molecule is NCc1cccc(-c2cccc(C(=O)NC3CCC(=O)NC3=O)n2)c1. The highest BCUT2D eigenvalue weighted by atomic mass is 16.2. The molecule has 1 atom stereocenters. The Hall–Kier alpha value is -3.06. The minimum absolute atomic E-state index is 0.204. The summed E-state index contributed by atoms with van der Waals surface area (Å²) in [5.41, 5.74) is 8.34.